The van der Waals surface area contributed by atoms with Gasteiger partial charge in [0.25, 0.3) is 5.91 Å². The van der Waals surface area contributed by atoms with Gasteiger partial charge in [0.2, 0.25) is 5.95 Å². The fourth-order valence-electron chi connectivity index (χ4n) is 3.60. The minimum atomic E-state index is -0.279. The number of hydrogen-bond donors (Lipinski definition) is 3. The Balaban J connectivity index is 1.54. The third-order valence-electron chi connectivity index (χ3n) is 5.23. The lowest BCUT2D eigenvalue weighted by Crippen LogP contribution is -2.36. The lowest BCUT2D eigenvalue weighted by Gasteiger charge is -2.28. The normalized spacial score (nSPS) is 13.5. The molecular formula is C25H30N6O3. The molecule has 0 bridgehead atoms. The third kappa shape index (κ3) is 5.93. The maximum atomic E-state index is 12.4. The van der Waals surface area contributed by atoms with Crippen LogP contribution in [0.15, 0.2) is 54.7 Å². The predicted molar refractivity (Wildman–Crippen MR) is 134 cm³/mol. The molecule has 2 aromatic carbocycles. The van der Waals surface area contributed by atoms with Crippen LogP contribution in [-0.2, 0) is 4.74 Å². The lowest BCUT2D eigenvalue weighted by molar-refractivity contribution is 0.0963. The van der Waals surface area contributed by atoms with Gasteiger partial charge >= 0.3 is 0 Å². The van der Waals surface area contributed by atoms with Crippen molar-refractivity contribution >= 4 is 34.7 Å². The fourth-order valence-corrected chi connectivity index (χ4v) is 3.60. The number of aromatic nitrogens is 2. The largest absolute Gasteiger partial charge is 0.491 e. The van der Waals surface area contributed by atoms with Crippen molar-refractivity contribution in [2.45, 2.75) is 20.0 Å². The van der Waals surface area contributed by atoms with Gasteiger partial charge in [-0.3, -0.25) is 4.79 Å². The van der Waals surface area contributed by atoms with Crippen LogP contribution in [-0.4, -0.2) is 55.3 Å². The Bertz CT molecular complexity index is 1110. The number of nitrogens with zero attached hydrogens (tertiary/aromatic N) is 3. The van der Waals surface area contributed by atoms with Gasteiger partial charge < -0.3 is 30.3 Å². The molecule has 1 aromatic heterocycles. The monoisotopic (exact) mass is 462 g/mol. The molecule has 0 saturated carbocycles. The molecule has 3 N–H and O–H groups in total. The molecule has 4 rings (SSSR count). The number of carbonyl (C=O) groups excluding carboxylic acids is 1. The highest BCUT2D eigenvalue weighted by Gasteiger charge is 2.15. The van der Waals surface area contributed by atoms with E-state index in [1.54, 1.807) is 7.05 Å². The summed E-state index contributed by atoms with van der Waals surface area (Å²) in [6.07, 6.45) is 1.56. The summed E-state index contributed by atoms with van der Waals surface area (Å²) in [6, 6.07) is 15.6. The topological polar surface area (TPSA) is 101 Å². The van der Waals surface area contributed by atoms with E-state index in [-0.39, 0.29) is 12.0 Å². The van der Waals surface area contributed by atoms with Crippen LogP contribution in [0.4, 0.5) is 28.8 Å². The number of nitrogens with one attached hydrogen (secondary N) is 3. The van der Waals surface area contributed by atoms with Crippen molar-refractivity contribution in [1.29, 1.82) is 0 Å². The Hall–Kier alpha value is -3.85. The number of rotatable bonds is 8. The maximum absolute atomic E-state index is 12.4. The number of amides is 1. The van der Waals surface area contributed by atoms with Crippen LogP contribution in [0.2, 0.25) is 0 Å². The second kappa shape index (κ2) is 10.8. The first-order valence-corrected chi connectivity index (χ1v) is 11.3. The van der Waals surface area contributed by atoms with Crippen LogP contribution < -0.4 is 25.6 Å². The molecule has 0 aliphatic carbocycles. The van der Waals surface area contributed by atoms with Gasteiger partial charge in [0, 0.05) is 49.5 Å². The van der Waals surface area contributed by atoms with Gasteiger partial charge in [-0.25, -0.2) is 4.98 Å². The van der Waals surface area contributed by atoms with E-state index in [0.29, 0.717) is 17.3 Å². The van der Waals surface area contributed by atoms with Crippen LogP contribution in [0, 0.1) is 0 Å². The highest BCUT2D eigenvalue weighted by Crippen LogP contribution is 2.26. The summed E-state index contributed by atoms with van der Waals surface area (Å²) in [7, 11) is 1.57. The molecule has 9 nitrogen and oxygen atoms in total. The Labute approximate surface area is 199 Å². The molecule has 9 heteroatoms. The Morgan fingerprint density at radius 3 is 2.53 bits per heavy atom. The number of benzene rings is 2. The molecule has 34 heavy (non-hydrogen) atoms. The van der Waals surface area contributed by atoms with Crippen molar-refractivity contribution in [2.24, 2.45) is 0 Å². The zero-order valence-corrected chi connectivity index (χ0v) is 19.7. The Kier molecular flexibility index (Phi) is 7.44. The van der Waals surface area contributed by atoms with Gasteiger partial charge in [-0.1, -0.05) is 6.07 Å². The van der Waals surface area contributed by atoms with Crippen molar-refractivity contribution in [3.05, 3.63) is 60.3 Å². The minimum absolute atomic E-state index is 0.0566. The van der Waals surface area contributed by atoms with Gasteiger partial charge in [0.1, 0.15) is 17.1 Å². The van der Waals surface area contributed by atoms with Gasteiger partial charge in [0.05, 0.1) is 19.3 Å². The molecule has 0 radical (unpaired) electrons. The van der Waals surface area contributed by atoms with Crippen LogP contribution in [0.1, 0.15) is 24.2 Å². The fraction of sp³-hybridized carbons (Fsp3) is 0.320. The summed E-state index contributed by atoms with van der Waals surface area (Å²) in [4.78, 5) is 23.6. The van der Waals surface area contributed by atoms with Crippen molar-refractivity contribution < 1.29 is 14.3 Å². The highest BCUT2D eigenvalue weighted by molar-refractivity contribution is 5.99. The molecule has 178 valence electrons. The van der Waals surface area contributed by atoms with Gasteiger partial charge in [-0.15, -0.1) is 0 Å². The standard InChI is InChI=1S/C25H30N6O3/c1-17(2)34-21-6-4-5-19(15-21)28-23-22(24(32)26-3)16-27-25(30-23)29-18-7-9-20(10-8-18)31-11-13-33-14-12-31/h4-10,15-17H,11-14H2,1-3H3,(H,26,32)(H2,27,28,29,30). The summed E-state index contributed by atoms with van der Waals surface area (Å²) in [5, 5.41) is 9.08. The minimum Gasteiger partial charge on any atom is -0.491 e. The summed E-state index contributed by atoms with van der Waals surface area (Å²) < 4.78 is 11.2. The number of anilines is 5. The predicted octanol–water partition coefficient (Wildman–Crippen LogP) is 3.95. The summed E-state index contributed by atoms with van der Waals surface area (Å²) in [5.41, 5.74) is 3.09. The second-order valence-electron chi connectivity index (χ2n) is 8.13. The molecule has 1 saturated heterocycles. The Morgan fingerprint density at radius 2 is 1.82 bits per heavy atom. The van der Waals surface area contributed by atoms with Gasteiger partial charge in [0.15, 0.2) is 0 Å². The van der Waals surface area contributed by atoms with E-state index < -0.39 is 0 Å². The van der Waals surface area contributed by atoms with Crippen LogP contribution in [0.25, 0.3) is 0 Å². The second-order valence-corrected chi connectivity index (χ2v) is 8.13. The smallest absolute Gasteiger partial charge is 0.256 e. The average Bonchev–Trinajstić information content (AvgIpc) is 2.85. The van der Waals surface area contributed by atoms with Crippen LogP contribution >= 0.6 is 0 Å². The molecule has 0 spiro atoms. The maximum Gasteiger partial charge on any atom is 0.256 e. The molecular weight excluding hydrogens is 432 g/mol. The molecule has 1 aliphatic heterocycles. The van der Waals surface area contributed by atoms with Crippen molar-refractivity contribution in [2.75, 3.05) is 48.9 Å². The van der Waals surface area contributed by atoms with E-state index in [0.717, 1.165) is 49.1 Å². The summed E-state index contributed by atoms with van der Waals surface area (Å²) >= 11 is 0. The molecule has 1 amide bonds. The van der Waals surface area contributed by atoms with E-state index in [9.17, 15) is 4.79 Å². The third-order valence-corrected chi connectivity index (χ3v) is 5.23. The van der Waals surface area contributed by atoms with Gasteiger partial charge in [-0.05, 0) is 50.2 Å². The molecule has 3 aromatic rings. The average molecular weight is 463 g/mol. The quantitative estimate of drug-likeness (QED) is 0.463. The Morgan fingerprint density at radius 1 is 1.06 bits per heavy atom. The molecule has 0 unspecified atom stereocenters. The molecule has 2 heterocycles. The first kappa shape index (κ1) is 23.3. The zero-order valence-electron chi connectivity index (χ0n) is 19.7. The summed E-state index contributed by atoms with van der Waals surface area (Å²) in [5.74, 6) is 1.22. The first-order chi connectivity index (χ1) is 16.5. The number of morpholine rings is 1. The van der Waals surface area contributed by atoms with E-state index in [2.05, 4.69) is 43.0 Å². The van der Waals surface area contributed by atoms with E-state index in [4.69, 9.17) is 9.47 Å². The molecule has 0 atom stereocenters. The van der Waals surface area contributed by atoms with E-state index >= 15 is 0 Å². The first-order valence-electron chi connectivity index (χ1n) is 11.3. The van der Waals surface area contributed by atoms with E-state index in [1.165, 1.54) is 6.20 Å². The van der Waals surface area contributed by atoms with E-state index in [1.807, 2.05) is 50.2 Å². The molecule has 1 aliphatic rings. The zero-order chi connectivity index (χ0) is 23.9. The van der Waals surface area contributed by atoms with Crippen molar-refractivity contribution in [3.8, 4) is 5.75 Å². The van der Waals surface area contributed by atoms with Gasteiger partial charge in [-0.2, -0.15) is 4.98 Å². The highest BCUT2D eigenvalue weighted by atomic mass is 16.5. The number of carbonyl (C=O) groups is 1. The number of hydrogen-bond acceptors (Lipinski definition) is 8. The van der Waals surface area contributed by atoms with Crippen LogP contribution in [0.3, 0.4) is 0 Å². The SMILES string of the molecule is CNC(=O)c1cnc(Nc2ccc(N3CCOCC3)cc2)nc1Nc1cccc(OC(C)C)c1. The van der Waals surface area contributed by atoms with Crippen molar-refractivity contribution in [3.63, 3.8) is 0 Å². The summed E-state index contributed by atoms with van der Waals surface area (Å²) in [6.45, 7) is 7.20. The van der Waals surface area contributed by atoms with Crippen LogP contribution in [0.5, 0.6) is 5.75 Å². The number of ether oxygens (including phenoxy) is 2. The van der Waals surface area contributed by atoms with Crippen molar-refractivity contribution in [1.82, 2.24) is 15.3 Å². The lowest BCUT2D eigenvalue weighted by atomic mass is 10.2. The molecule has 1 fully saturated rings.